The molecule has 0 spiro atoms. The summed E-state index contributed by atoms with van der Waals surface area (Å²) in [4.78, 5) is 0. The quantitative estimate of drug-likeness (QED) is 0.665. The maximum absolute atomic E-state index is 12.4. The van der Waals surface area contributed by atoms with Crippen molar-refractivity contribution in [1.29, 1.82) is 0 Å². The second kappa shape index (κ2) is 4.58. The van der Waals surface area contributed by atoms with E-state index in [0.717, 1.165) is 6.26 Å². The summed E-state index contributed by atoms with van der Waals surface area (Å²) in [6.45, 7) is 1.47. The fourth-order valence-corrected chi connectivity index (χ4v) is 2.48. The Morgan fingerprint density at radius 2 is 2.00 bits per heavy atom. The van der Waals surface area contributed by atoms with E-state index in [4.69, 9.17) is 0 Å². The topological polar surface area (TPSA) is 26.3 Å². The third kappa shape index (κ3) is 7.07. The number of halogens is 2. The number of hydrogen-bond acceptors (Lipinski definition) is 2. The van der Waals surface area contributed by atoms with Gasteiger partial charge < -0.3 is 4.52 Å². The molecule has 0 aliphatic rings. The van der Waals surface area contributed by atoms with Crippen molar-refractivity contribution in [1.82, 2.24) is 0 Å². The third-order valence-electron chi connectivity index (χ3n) is 1.45. The minimum absolute atomic E-state index is 0.145. The van der Waals surface area contributed by atoms with Gasteiger partial charge in [0.25, 0.3) is 0 Å². The van der Waals surface area contributed by atoms with Gasteiger partial charge in [-0.1, -0.05) is 0 Å². The van der Waals surface area contributed by atoms with Crippen LogP contribution in [-0.2, 0) is 9.09 Å². The summed E-state index contributed by atoms with van der Waals surface area (Å²) in [5.41, 5.74) is 0. The van der Waals surface area contributed by atoms with Crippen LogP contribution in [0.3, 0.4) is 0 Å². The van der Waals surface area contributed by atoms with Gasteiger partial charge in [-0.3, -0.25) is 4.57 Å². The van der Waals surface area contributed by atoms with E-state index < -0.39 is 18.2 Å². The molecular formula is C6H15F2O2PS. The smallest absolute Gasteiger partial charge is 0.199 e. The molecule has 0 aromatic rings. The Balaban J connectivity index is 3.65. The van der Waals surface area contributed by atoms with E-state index in [0.29, 0.717) is 0 Å². The van der Waals surface area contributed by atoms with Crippen LogP contribution in [0.1, 0.15) is 6.42 Å². The largest absolute Gasteiger partial charge is 0.332 e. The van der Waals surface area contributed by atoms with Crippen LogP contribution in [0.25, 0.3) is 0 Å². The maximum Gasteiger partial charge on any atom is 0.199 e. The molecule has 0 aromatic carbocycles. The lowest BCUT2D eigenvalue weighted by atomic mass is 10.6. The molecule has 0 saturated carbocycles. The van der Waals surface area contributed by atoms with E-state index in [1.807, 2.05) is 0 Å². The lowest BCUT2D eigenvalue weighted by molar-refractivity contribution is 0.398. The Kier molecular flexibility index (Phi) is 4.74. The lowest BCUT2D eigenvalue weighted by Crippen LogP contribution is -1.97. The molecule has 0 fully saturated rings. The standard InChI is InChI=1S/C6H15F2O2PS/c1-10-11(2,9)5-4-6-12(3,7)8/h4-6H2,1-3H3. The highest BCUT2D eigenvalue weighted by molar-refractivity contribution is 8.24. The van der Waals surface area contributed by atoms with Crippen molar-refractivity contribution < 1.29 is 16.9 Å². The van der Waals surface area contributed by atoms with Crippen LogP contribution in [0, 0.1) is 0 Å². The monoisotopic (exact) mass is 220 g/mol. The SMILES string of the molecule is COP(C)(=O)CCCS(C)(F)F. The third-order valence-corrected chi connectivity index (χ3v) is 4.36. The van der Waals surface area contributed by atoms with Crippen molar-refractivity contribution in [2.75, 3.05) is 31.9 Å². The predicted octanol–water partition coefficient (Wildman–Crippen LogP) is 3.13. The molecule has 0 bridgehead atoms. The van der Waals surface area contributed by atoms with Crippen molar-refractivity contribution in [2.45, 2.75) is 6.42 Å². The van der Waals surface area contributed by atoms with Gasteiger partial charge in [-0.25, -0.2) is 0 Å². The molecule has 0 saturated heterocycles. The Bertz CT molecular complexity index is 181. The van der Waals surface area contributed by atoms with Crippen molar-refractivity contribution in [3.05, 3.63) is 0 Å². The van der Waals surface area contributed by atoms with E-state index in [1.54, 1.807) is 0 Å². The Hall–Kier alpha value is 0.400. The van der Waals surface area contributed by atoms with Crippen molar-refractivity contribution in [3.8, 4) is 0 Å². The molecule has 0 aliphatic heterocycles. The van der Waals surface area contributed by atoms with Gasteiger partial charge in [0.05, 0.1) is 10.8 Å². The average molecular weight is 220 g/mol. The molecule has 1 atom stereocenters. The van der Waals surface area contributed by atoms with Gasteiger partial charge in [-0.15, -0.1) is 0 Å². The molecule has 0 aliphatic carbocycles. The maximum atomic E-state index is 12.4. The van der Waals surface area contributed by atoms with Crippen molar-refractivity contribution in [2.24, 2.45) is 0 Å². The minimum atomic E-state index is -3.43. The van der Waals surface area contributed by atoms with Crippen LogP contribution in [0.15, 0.2) is 0 Å². The van der Waals surface area contributed by atoms with Crippen LogP contribution in [-0.4, -0.2) is 31.9 Å². The minimum Gasteiger partial charge on any atom is -0.332 e. The lowest BCUT2D eigenvalue weighted by Gasteiger charge is -2.15. The summed E-state index contributed by atoms with van der Waals surface area (Å²) in [5, 5.41) is 0. The Morgan fingerprint density at radius 3 is 2.33 bits per heavy atom. The van der Waals surface area contributed by atoms with E-state index in [-0.39, 0.29) is 18.3 Å². The molecule has 0 N–H and O–H groups in total. The van der Waals surface area contributed by atoms with Gasteiger partial charge >= 0.3 is 0 Å². The van der Waals surface area contributed by atoms with Crippen LogP contribution in [0.4, 0.5) is 7.77 Å². The first-order valence-corrected chi connectivity index (χ1v) is 7.81. The zero-order chi connectivity index (χ0) is 9.83. The van der Waals surface area contributed by atoms with E-state index in [9.17, 15) is 12.3 Å². The number of rotatable bonds is 5. The number of hydrogen-bond donors (Lipinski definition) is 0. The zero-order valence-electron chi connectivity index (χ0n) is 7.55. The average Bonchev–Trinajstić information content (AvgIpc) is 1.84. The van der Waals surface area contributed by atoms with Gasteiger partial charge in [0, 0.05) is 31.9 Å². The van der Waals surface area contributed by atoms with Gasteiger partial charge in [0.2, 0.25) is 0 Å². The van der Waals surface area contributed by atoms with E-state index >= 15 is 0 Å². The molecule has 0 amide bonds. The van der Waals surface area contributed by atoms with Gasteiger partial charge in [-0.05, 0) is 6.42 Å². The molecule has 0 radical (unpaired) electrons. The highest BCUT2D eigenvalue weighted by Gasteiger charge is 2.18. The summed E-state index contributed by atoms with van der Waals surface area (Å²) in [5.74, 6) is -0.145. The summed E-state index contributed by atoms with van der Waals surface area (Å²) in [6, 6.07) is 0. The molecular weight excluding hydrogens is 205 g/mol. The summed E-state index contributed by atoms with van der Waals surface area (Å²) >= 11 is 0. The molecule has 76 valence electrons. The molecule has 6 heteroatoms. The highest BCUT2D eigenvalue weighted by atomic mass is 32.3. The fourth-order valence-electron chi connectivity index (χ4n) is 0.696. The Labute approximate surface area is 74.0 Å². The summed E-state index contributed by atoms with van der Waals surface area (Å²) < 4.78 is 40.6. The first-order chi connectivity index (χ1) is 5.27. The zero-order valence-corrected chi connectivity index (χ0v) is 9.26. The normalized spacial score (nSPS) is 18.8. The molecule has 0 rings (SSSR count). The molecule has 0 aromatic heterocycles. The van der Waals surface area contributed by atoms with Crippen LogP contribution < -0.4 is 0 Å². The molecule has 12 heavy (non-hydrogen) atoms. The first-order valence-electron chi connectivity index (χ1n) is 3.54. The second-order valence-electron chi connectivity index (χ2n) is 2.85. The van der Waals surface area contributed by atoms with Gasteiger partial charge in [0.1, 0.15) is 0 Å². The van der Waals surface area contributed by atoms with E-state index in [1.165, 1.54) is 13.8 Å². The van der Waals surface area contributed by atoms with Crippen molar-refractivity contribution >= 4 is 18.2 Å². The second-order valence-corrected chi connectivity index (χ2v) is 7.85. The van der Waals surface area contributed by atoms with Crippen LogP contribution in [0.2, 0.25) is 0 Å². The first kappa shape index (κ1) is 12.4. The molecule has 0 heterocycles. The molecule has 2 nitrogen and oxygen atoms in total. The summed E-state index contributed by atoms with van der Waals surface area (Å²) in [7, 11) is -4.67. The van der Waals surface area contributed by atoms with Crippen LogP contribution in [0.5, 0.6) is 0 Å². The predicted molar refractivity (Wildman–Crippen MR) is 50.6 cm³/mol. The van der Waals surface area contributed by atoms with Crippen molar-refractivity contribution in [3.63, 3.8) is 0 Å². The summed E-state index contributed by atoms with van der Waals surface area (Å²) in [6.07, 6.45) is 1.47. The molecule has 1 unspecified atom stereocenters. The Morgan fingerprint density at radius 1 is 1.50 bits per heavy atom. The van der Waals surface area contributed by atoms with Gasteiger partial charge in [-0.2, -0.15) is 7.77 Å². The fraction of sp³-hybridized carbons (Fsp3) is 1.00. The van der Waals surface area contributed by atoms with Crippen LogP contribution >= 0.6 is 18.2 Å². The van der Waals surface area contributed by atoms with E-state index in [2.05, 4.69) is 4.52 Å². The van der Waals surface area contributed by atoms with Gasteiger partial charge in [0.15, 0.2) is 7.37 Å². The highest BCUT2D eigenvalue weighted by Crippen LogP contribution is 2.50.